The highest BCUT2D eigenvalue weighted by molar-refractivity contribution is 8.01. The van der Waals surface area contributed by atoms with Gasteiger partial charge < -0.3 is 20.1 Å². The van der Waals surface area contributed by atoms with E-state index in [1.807, 2.05) is 24.3 Å². The molecule has 0 spiro atoms. The van der Waals surface area contributed by atoms with Crippen LogP contribution in [0.5, 0.6) is 5.75 Å². The summed E-state index contributed by atoms with van der Waals surface area (Å²) in [5.41, 5.74) is 0.771. The lowest BCUT2D eigenvalue weighted by Gasteiger charge is -2.07. The molecule has 0 atom stereocenters. The number of amides is 3. The van der Waals surface area contributed by atoms with Crippen molar-refractivity contribution >= 4 is 45.9 Å². The summed E-state index contributed by atoms with van der Waals surface area (Å²) in [5.74, 6) is 0.330. The molecule has 0 unspecified atom stereocenters. The molecule has 0 aliphatic carbocycles. The first-order valence-electron chi connectivity index (χ1n) is 7.55. The number of anilines is 2. The van der Waals surface area contributed by atoms with Crippen LogP contribution in [-0.2, 0) is 9.53 Å². The maximum Gasteiger partial charge on any atom is 0.321 e. The van der Waals surface area contributed by atoms with Crippen molar-refractivity contribution in [3.63, 3.8) is 0 Å². The Bertz CT molecular complexity index is 740. The number of carbonyl (C=O) groups excluding carboxylic acids is 2. The molecule has 1 heterocycles. The number of carbonyl (C=O) groups is 2. The topological polar surface area (TPSA) is 114 Å². The molecule has 11 heteroatoms. The van der Waals surface area contributed by atoms with Crippen molar-refractivity contribution in [2.75, 3.05) is 38.4 Å². The van der Waals surface area contributed by atoms with Crippen molar-refractivity contribution < 1.29 is 19.1 Å². The molecule has 1 aromatic heterocycles. The Balaban J connectivity index is 1.79. The summed E-state index contributed by atoms with van der Waals surface area (Å²) in [6.45, 7) is 0.709. The van der Waals surface area contributed by atoms with Gasteiger partial charge in [-0.3, -0.25) is 10.1 Å². The number of nitrogens with zero attached hydrogens (tertiary/aromatic N) is 2. The summed E-state index contributed by atoms with van der Waals surface area (Å²) in [5, 5.41) is 16.5. The van der Waals surface area contributed by atoms with E-state index in [0.717, 1.165) is 5.69 Å². The predicted octanol–water partition coefficient (Wildman–Crippen LogP) is 1.85. The number of thioether (sulfide) groups is 1. The van der Waals surface area contributed by atoms with Gasteiger partial charge in [0.1, 0.15) is 5.75 Å². The summed E-state index contributed by atoms with van der Waals surface area (Å²) < 4.78 is 10.7. The zero-order chi connectivity index (χ0) is 18.8. The normalized spacial score (nSPS) is 10.2. The molecule has 140 valence electrons. The van der Waals surface area contributed by atoms with E-state index in [-0.39, 0.29) is 5.75 Å². The molecule has 3 amide bonds. The van der Waals surface area contributed by atoms with Gasteiger partial charge in [0.2, 0.25) is 11.0 Å². The van der Waals surface area contributed by atoms with Gasteiger partial charge in [-0.1, -0.05) is 35.2 Å². The Labute approximate surface area is 158 Å². The first kappa shape index (κ1) is 19.9. The Kier molecular flexibility index (Phi) is 8.12. The van der Waals surface area contributed by atoms with Gasteiger partial charge in [-0.25, -0.2) is 4.79 Å². The first-order chi connectivity index (χ1) is 12.6. The lowest BCUT2D eigenvalue weighted by atomic mass is 10.3. The summed E-state index contributed by atoms with van der Waals surface area (Å²) in [6, 6.07) is 6.89. The minimum Gasteiger partial charge on any atom is -0.495 e. The number of para-hydroxylation sites is 2. The molecular weight excluding hydrogens is 378 g/mol. The molecule has 0 aliphatic heterocycles. The number of urea groups is 1. The van der Waals surface area contributed by atoms with Gasteiger partial charge in [-0.15, -0.1) is 10.2 Å². The molecule has 3 N–H and O–H groups in total. The quantitative estimate of drug-likeness (QED) is 0.434. The number of nitrogens with one attached hydrogen (secondary N) is 3. The highest BCUT2D eigenvalue weighted by Gasteiger charge is 2.11. The third kappa shape index (κ3) is 6.50. The van der Waals surface area contributed by atoms with E-state index in [1.54, 1.807) is 7.11 Å². The standard InChI is InChI=1S/C15H19N5O4S2/c1-23-8-7-16-13(22)18-12(21)9-25-15-20-19-14(26-15)17-10-5-3-4-6-11(10)24-2/h3-6H,7-9H2,1-2H3,(H,17,19)(H2,16,18,21,22). The predicted molar refractivity (Wildman–Crippen MR) is 100 cm³/mol. The fourth-order valence-corrected chi connectivity index (χ4v) is 3.35. The molecule has 0 aliphatic rings. The van der Waals surface area contributed by atoms with Crippen molar-refractivity contribution in [2.24, 2.45) is 0 Å². The van der Waals surface area contributed by atoms with Crippen LogP contribution in [0.1, 0.15) is 0 Å². The Hall–Kier alpha value is -2.37. The van der Waals surface area contributed by atoms with Gasteiger partial charge in [-0.05, 0) is 12.1 Å². The number of aromatic nitrogens is 2. The minimum absolute atomic E-state index is 0.0565. The molecule has 0 bridgehead atoms. The number of hydrogen-bond acceptors (Lipinski definition) is 9. The SMILES string of the molecule is COCCNC(=O)NC(=O)CSc1nnc(Nc2ccccc2OC)s1. The van der Waals surface area contributed by atoms with Crippen molar-refractivity contribution in [1.82, 2.24) is 20.8 Å². The van der Waals surface area contributed by atoms with Crippen molar-refractivity contribution in [2.45, 2.75) is 4.34 Å². The maximum atomic E-state index is 11.7. The number of hydrogen-bond donors (Lipinski definition) is 3. The molecule has 26 heavy (non-hydrogen) atoms. The zero-order valence-corrected chi connectivity index (χ0v) is 15.9. The second-order valence-electron chi connectivity index (χ2n) is 4.78. The van der Waals surface area contributed by atoms with Crippen molar-refractivity contribution in [3.05, 3.63) is 24.3 Å². The molecule has 2 rings (SSSR count). The van der Waals surface area contributed by atoms with E-state index in [4.69, 9.17) is 9.47 Å². The van der Waals surface area contributed by atoms with Gasteiger partial charge >= 0.3 is 6.03 Å². The van der Waals surface area contributed by atoms with Crippen LogP contribution in [0.2, 0.25) is 0 Å². The van der Waals surface area contributed by atoms with E-state index in [1.165, 1.54) is 30.2 Å². The molecule has 0 saturated carbocycles. The van der Waals surface area contributed by atoms with Crippen LogP contribution in [0.3, 0.4) is 0 Å². The van der Waals surface area contributed by atoms with Gasteiger partial charge in [-0.2, -0.15) is 0 Å². The third-order valence-electron chi connectivity index (χ3n) is 2.93. The van der Waals surface area contributed by atoms with Gasteiger partial charge in [0.25, 0.3) is 0 Å². The van der Waals surface area contributed by atoms with Gasteiger partial charge in [0.05, 0.1) is 25.2 Å². The van der Waals surface area contributed by atoms with E-state index >= 15 is 0 Å². The van der Waals surface area contributed by atoms with Crippen LogP contribution < -0.4 is 20.7 Å². The Morgan fingerprint density at radius 3 is 2.81 bits per heavy atom. The van der Waals surface area contributed by atoms with E-state index in [2.05, 4.69) is 26.1 Å². The molecule has 0 fully saturated rings. The van der Waals surface area contributed by atoms with E-state index in [9.17, 15) is 9.59 Å². The zero-order valence-electron chi connectivity index (χ0n) is 14.3. The van der Waals surface area contributed by atoms with Crippen LogP contribution in [0.4, 0.5) is 15.6 Å². The van der Waals surface area contributed by atoms with Crippen LogP contribution in [-0.4, -0.2) is 55.3 Å². The minimum atomic E-state index is -0.552. The molecule has 1 aromatic carbocycles. The molecule has 0 radical (unpaired) electrons. The summed E-state index contributed by atoms with van der Waals surface area (Å²) in [6.07, 6.45) is 0. The van der Waals surface area contributed by atoms with Crippen LogP contribution >= 0.6 is 23.1 Å². The van der Waals surface area contributed by atoms with Crippen LogP contribution in [0.15, 0.2) is 28.6 Å². The molecular formula is C15H19N5O4S2. The number of ether oxygens (including phenoxy) is 2. The highest BCUT2D eigenvalue weighted by atomic mass is 32.2. The number of rotatable bonds is 9. The summed E-state index contributed by atoms with van der Waals surface area (Å²) in [4.78, 5) is 23.2. The maximum absolute atomic E-state index is 11.7. The Morgan fingerprint density at radius 2 is 2.04 bits per heavy atom. The summed E-state index contributed by atoms with van der Waals surface area (Å²) >= 11 is 2.50. The average molecular weight is 397 g/mol. The lowest BCUT2D eigenvalue weighted by Crippen LogP contribution is -2.41. The number of benzene rings is 1. The first-order valence-corrected chi connectivity index (χ1v) is 9.35. The number of methoxy groups -OCH3 is 2. The third-order valence-corrected chi connectivity index (χ3v) is 4.90. The van der Waals surface area contributed by atoms with Crippen molar-refractivity contribution in [3.8, 4) is 5.75 Å². The van der Waals surface area contributed by atoms with Crippen LogP contribution in [0, 0.1) is 0 Å². The van der Waals surface area contributed by atoms with E-state index in [0.29, 0.717) is 28.4 Å². The van der Waals surface area contributed by atoms with Gasteiger partial charge in [0.15, 0.2) is 4.34 Å². The average Bonchev–Trinajstić information content (AvgIpc) is 3.08. The monoisotopic (exact) mass is 397 g/mol. The lowest BCUT2D eigenvalue weighted by molar-refractivity contribution is -0.117. The second-order valence-corrected chi connectivity index (χ2v) is 6.98. The fourth-order valence-electron chi connectivity index (χ4n) is 1.78. The Morgan fingerprint density at radius 1 is 1.23 bits per heavy atom. The van der Waals surface area contributed by atoms with E-state index < -0.39 is 11.9 Å². The molecule has 0 saturated heterocycles. The van der Waals surface area contributed by atoms with Crippen LogP contribution in [0.25, 0.3) is 0 Å². The largest absolute Gasteiger partial charge is 0.495 e. The highest BCUT2D eigenvalue weighted by Crippen LogP contribution is 2.31. The van der Waals surface area contributed by atoms with Gasteiger partial charge in [0, 0.05) is 13.7 Å². The second kappa shape index (κ2) is 10.6. The van der Waals surface area contributed by atoms with Crippen molar-refractivity contribution in [1.29, 1.82) is 0 Å². The molecule has 9 nitrogen and oxygen atoms in total. The summed E-state index contributed by atoms with van der Waals surface area (Å²) in [7, 11) is 3.12. The fraction of sp³-hybridized carbons (Fsp3) is 0.333. The molecule has 2 aromatic rings. The smallest absolute Gasteiger partial charge is 0.321 e. The number of imide groups is 1.